The third-order valence-corrected chi connectivity index (χ3v) is 4.22. The van der Waals surface area contributed by atoms with Crippen LogP contribution in [-0.4, -0.2) is 27.8 Å². The molecule has 0 radical (unpaired) electrons. The van der Waals surface area contributed by atoms with Crippen molar-refractivity contribution >= 4 is 17.5 Å². The summed E-state index contributed by atoms with van der Waals surface area (Å²) < 4.78 is 4.84. The van der Waals surface area contributed by atoms with E-state index in [-0.39, 0.29) is 17.7 Å². The number of rotatable bonds is 2. The topological polar surface area (TPSA) is 75.4 Å². The average Bonchev–Trinajstić information content (AvgIpc) is 3.08. The van der Waals surface area contributed by atoms with Gasteiger partial charge in [-0.25, -0.2) is 0 Å². The zero-order chi connectivity index (χ0) is 17.0. The number of carbonyl (C=O) groups is 1. The smallest absolute Gasteiger partial charge is 0.290 e. The number of benzene rings is 1. The number of aromatic nitrogens is 1. The number of hydrogen-bond donors (Lipinski definition) is 2. The third kappa shape index (κ3) is 4.16. The van der Waals surface area contributed by atoms with Crippen LogP contribution in [0.25, 0.3) is 0 Å². The molecule has 0 unspecified atom stereocenters. The molecule has 1 fully saturated rings. The Kier molecular flexibility index (Phi) is 4.89. The highest BCUT2D eigenvalue weighted by atomic mass is 35.5. The zero-order valence-corrected chi connectivity index (χ0v) is 13.7. The fraction of sp³-hybridized carbons (Fsp3) is 0.333. The van der Waals surface area contributed by atoms with Crippen LogP contribution in [0.2, 0.25) is 5.02 Å². The molecule has 6 heteroatoms. The van der Waals surface area contributed by atoms with Crippen molar-refractivity contribution in [1.29, 1.82) is 0 Å². The van der Waals surface area contributed by atoms with Crippen molar-refractivity contribution in [2.75, 3.05) is 0 Å². The lowest BCUT2D eigenvalue weighted by atomic mass is 9.82. The minimum absolute atomic E-state index is 0.157. The highest BCUT2D eigenvalue weighted by Crippen LogP contribution is 2.28. The van der Waals surface area contributed by atoms with Crippen LogP contribution in [0, 0.1) is 11.8 Å². The van der Waals surface area contributed by atoms with Gasteiger partial charge in [0.15, 0.2) is 0 Å². The summed E-state index contributed by atoms with van der Waals surface area (Å²) in [5.41, 5.74) is -0.372. The summed E-state index contributed by atoms with van der Waals surface area (Å²) in [4.78, 5) is 12.0. The predicted molar refractivity (Wildman–Crippen MR) is 89.5 cm³/mol. The van der Waals surface area contributed by atoms with E-state index in [0.717, 1.165) is 18.4 Å². The van der Waals surface area contributed by atoms with Crippen LogP contribution < -0.4 is 5.32 Å². The molecule has 0 saturated heterocycles. The molecule has 5 nitrogen and oxygen atoms in total. The molecule has 0 spiro atoms. The number of nitrogens with zero attached hydrogens (tertiary/aromatic N) is 1. The number of halogens is 1. The fourth-order valence-corrected chi connectivity index (χ4v) is 3.02. The van der Waals surface area contributed by atoms with Crippen molar-refractivity contribution < 1.29 is 14.4 Å². The molecule has 1 heterocycles. The largest absolute Gasteiger partial charge is 0.378 e. The van der Waals surface area contributed by atoms with E-state index in [9.17, 15) is 9.90 Å². The third-order valence-electron chi connectivity index (χ3n) is 3.99. The van der Waals surface area contributed by atoms with Gasteiger partial charge in [0.05, 0.1) is 6.20 Å². The zero-order valence-electron chi connectivity index (χ0n) is 13.0. The monoisotopic (exact) mass is 344 g/mol. The van der Waals surface area contributed by atoms with Crippen molar-refractivity contribution in [3.8, 4) is 11.8 Å². The summed E-state index contributed by atoms with van der Waals surface area (Å²) in [6.45, 7) is 0. The van der Waals surface area contributed by atoms with Gasteiger partial charge in [-0.3, -0.25) is 4.79 Å². The molecule has 1 saturated carbocycles. The maximum atomic E-state index is 12.0. The molecule has 1 aromatic carbocycles. The number of aliphatic hydroxyl groups is 1. The van der Waals surface area contributed by atoms with Crippen molar-refractivity contribution in [1.82, 2.24) is 10.5 Å². The number of hydrogen-bond acceptors (Lipinski definition) is 4. The van der Waals surface area contributed by atoms with Crippen molar-refractivity contribution in [3.63, 3.8) is 0 Å². The molecule has 1 aliphatic rings. The van der Waals surface area contributed by atoms with Gasteiger partial charge in [-0.05, 0) is 37.5 Å². The second-order valence-corrected chi connectivity index (χ2v) is 6.37. The summed E-state index contributed by atoms with van der Waals surface area (Å²) in [6.07, 6.45) is 3.95. The van der Waals surface area contributed by atoms with Crippen LogP contribution in [0.4, 0.5) is 0 Å². The molecule has 0 bridgehead atoms. The van der Waals surface area contributed by atoms with Gasteiger partial charge in [0.2, 0.25) is 5.76 Å². The highest BCUT2D eigenvalue weighted by Gasteiger charge is 2.34. The molecule has 2 aromatic rings. The maximum Gasteiger partial charge on any atom is 0.290 e. The normalized spacial score (nSPS) is 23.2. The van der Waals surface area contributed by atoms with Crippen LogP contribution in [0.3, 0.4) is 0 Å². The van der Waals surface area contributed by atoms with E-state index in [0.29, 0.717) is 17.9 Å². The standard InChI is InChI=1S/C18H17ClN2O3/c19-14-4-1-3-13(11-14)6-9-18(23)8-2-5-15(12-18)21-17(22)16-7-10-20-24-16/h1,3-4,7,10-11,15,23H,2,5,8,12H2,(H,21,22)/t15-,18+/m0/s1. The van der Waals surface area contributed by atoms with Crippen molar-refractivity contribution in [2.24, 2.45) is 0 Å². The molecule has 24 heavy (non-hydrogen) atoms. The van der Waals surface area contributed by atoms with Crippen LogP contribution >= 0.6 is 11.6 Å². The molecule has 1 aliphatic carbocycles. The van der Waals surface area contributed by atoms with E-state index in [2.05, 4.69) is 22.3 Å². The van der Waals surface area contributed by atoms with Crippen molar-refractivity contribution in [3.05, 3.63) is 52.9 Å². The van der Waals surface area contributed by atoms with Gasteiger partial charge in [0.1, 0.15) is 5.60 Å². The molecule has 1 aromatic heterocycles. The summed E-state index contributed by atoms with van der Waals surface area (Å²) in [5, 5.41) is 17.7. The lowest BCUT2D eigenvalue weighted by Gasteiger charge is -2.33. The molecule has 2 atom stereocenters. The highest BCUT2D eigenvalue weighted by molar-refractivity contribution is 6.30. The van der Waals surface area contributed by atoms with Gasteiger partial charge in [0.25, 0.3) is 5.91 Å². The Labute approximate surface area is 145 Å². The van der Waals surface area contributed by atoms with Gasteiger partial charge in [-0.15, -0.1) is 0 Å². The second kappa shape index (κ2) is 7.08. The summed E-state index contributed by atoms with van der Waals surface area (Å²) in [7, 11) is 0. The first kappa shape index (κ1) is 16.6. The quantitative estimate of drug-likeness (QED) is 0.821. The molecule has 1 amide bonds. The minimum atomic E-state index is -1.13. The predicted octanol–water partition coefficient (Wildman–Crippen LogP) is 2.78. The minimum Gasteiger partial charge on any atom is -0.378 e. The van der Waals surface area contributed by atoms with Gasteiger partial charge < -0.3 is 14.9 Å². The lowest BCUT2D eigenvalue weighted by Crippen LogP contribution is -2.45. The van der Waals surface area contributed by atoms with E-state index in [1.807, 2.05) is 12.1 Å². The summed E-state index contributed by atoms with van der Waals surface area (Å²) in [6, 6.07) is 8.53. The van der Waals surface area contributed by atoms with E-state index < -0.39 is 5.60 Å². The Morgan fingerprint density at radius 2 is 2.33 bits per heavy atom. The first-order valence-corrected chi connectivity index (χ1v) is 8.15. The Morgan fingerprint density at radius 1 is 1.46 bits per heavy atom. The van der Waals surface area contributed by atoms with Gasteiger partial charge in [-0.1, -0.05) is 34.7 Å². The Balaban J connectivity index is 1.67. The summed E-state index contributed by atoms with van der Waals surface area (Å²) >= 11 is 5.94. The Bertz CT molecular complexity index is 779. The Morgan fingerprint density at radius 3 is 3.08 bits per heavy atom. The number of nitrogens with one attached hydrogen (secondary N) is 1. The lowest BCUT2D eigenvalue weighted by molar-refractivity contribution is 0.0446. The van der Waals surface area contributed by atoms with Crippen LogP contribution in [0.15, 0.2) is 41.1 Å². The van der Waals surface area contributed by atoms with E-state index in [1.165, 1.54) is 12.3 Å². The van der Waals surface area contributed by atoms with Crippen LogP contribution in [-0.2, 0) is 0 Å². The van der Waals surface area contributed by atoms with E-state index >= 15 is 0 Å². The number of amides is 1. The SMILES string of the molecule is O=C(N[C@H]1CCC[C@@](O)(C#Cc2cccc(Cl)c2)C1)c1ccno1. The van der Waals surface area contributed by atoms with Gasteiger partial charge >= 0.3 is 0 Å². The van der Waals surface area contributed by atoms with E-state index in [4.69, 9.17) is 16.1 Å². The molecule has 0 aliphatic heterocycles. The second-order valence-electron chi connectivity index (χ2n) is 5.94. The van der Waals surface area contributed by atoms with Crippen molar-refractivity contribution in [2.45, 2.75) is 37.3 Å². The maximum absolute atomic E-state index is 12.0. The molecule has 3 rings (SSSR count). The number of carbonyl (C=O) groups excluding carboxylic acids is 1. The molecule has 124 valence electrons. The van der Waals surface area contributed by atoms with E-state index in [1.54, 1.807) is 12.1 Å². The first-order valence-electron chi connectivity index (χ1n) is 7.77. The summed E-state index contributed by atoms with van der Waals surface area (Å²) in [5.74, 6) is 5.74. The van der Waals surface area contributed by atoms with Gasteiger partial charge in [-0.2, -0.15) is 0 Å². The average molecular weight is 345 g/mol. The van der Waals surface area contributed by atoms with Crippen LogP contribution in [0.1, 0.15) is 41.8 Å². The van der Waals surface area contributed by atoms with Crippen LogP contribution in [0.5, 0.6) is 0 Å². The molecule has 2 N–H and O–H groups in total. The van der Waals surface area contributed by atoms with Gasteiger partial charge in [0, 0.05) is 29.1 Å². The molecular formula is C18H17ClN2O3. The molecular weight excluding hydrogens is 328 g/mol. The first-order chi connectivity index (χ1) is 11.5. The fourth-order valence-electron chi connectivity index (χ4n) is 2.83. The Hall–Kier alpha value is -2.29.